The molecule has 2 saturated carbocycles. The van der Waals surface area contributed by atoms with E-state index in [2.05, 4.69) is 24.2 Å². The lowest BCUT2D eigenvalue weighted by molar-refractivity contribution is 0.167. The zero-order chi connectivity index (χ0) is 12.3. The number of nitrogens with zero attached hydrogens (tertiary/aromatic N) is 1. The Kier molecular flexibility index (Phi) is 3.95. The highest BCUT2D eigenvalue weighted by Crippen LogP contribution is 2.38. The number of aliphatic imine (C=N–C) groups is 1. The molecular weight excluding hydrogens is 210 g/mol. The molecule has 0 aromatic heterocycles. The van der Waals surface area contributed by atoms with Gasteiger partial charge in [0.15, 0.2) is 5.96 Å². The highest BCUT2D eigenvalue weighted by molar-refractivity contribution is 5.78. The standard InChI is InChI=1S/C14H27N3/c1-14(2,11-6-4-3-5-7-11)10-16-13(15)17-12-8-9-12/h11-12H,3-10H2,1-2H3,(H3,15,16,17). The summed E-state index contributed by atoms with van der Waals surface area (Å²) >= 11 is 0. The summed E-state index contributed by atoms with van der Waals surface area (Å²) in [6.45, 7) is 5.55. The number of nitrogens with one attached hydrogen (secondary N) is 1. The first-order chi connectivity index (χ1) is 8.08. The summed E-state index contributed by atoms with van der Waals surface area (Å²) in [7, 11) is 0. The third-order valence-corrected chi connectivity index (χ3v) is 4.30. The molecule has 3 N–H and O–H groups in total. The molecule has 0 radical (unpaired) electrons. The molecule has 2 rings (SSSR count). The number of hydrogen-bond donors (Lipinski definition) is 2. The Balaban J connectivity index is 1.81. The maximum atomic E-state index is 5.89. The SMILES string of the molecule is CC(C)(CN=C(N)NC1CC1)C1CCCCC1. The number of rotatable bonds is 4. The molecule has 0 bridgehead atoms. The third-order valence-electron chi connectivity index (χ3n) is 4.30. The predicted molar refractivity (Wildman–Crippen MR) is 73.0 cm³/mol. The van der Waals surface area contributed by atoms with Gasteiger partial charge in [0.1, 0.15) is 0 Å². The quantitative estimate of drug-likeness (QED) is 0.583. The average molecular weight is 237 g/mol. The van der Waals surface area contributed by atoms with Gasteiger partial charge >= 0.3 is 0 Å². The molecule has 98 valence electrons. The molecule has 3 heteroatoms. The highest BCUT2D eigenvalue weighted by atomic mass is 15.1. The number of nitrogens with two attached hydrogens (primary N) is 1. The Morgan fingerprint density at radius 1 is 1.18 bits per heavy atom. The molecule has 3 nitrogen and oxygen atoms in total. The summed E-state index contributed by atoms with van der Waals surface area (Å²) in [5, 5.41) is 3.26. The molecule has 17 heavy (non-hydrogen) atoms. The van der Waals surface area contributed by atoms with E-state index in [0.717, 1.165) is 12.5 Å². The summed E-state index contributed by atoms with van der Waals surface area (Å²) < 4.78 is 0. The molecule has 2 fully saturated rings. The van der Waals surface area contributed by atoms with Crippen LogP contribution in [0.5, 0.6) is 0 Å². The lowest BCUT2D eigenvalue weighted by Gasteiger charge is -2.36. The molecule has 0 heterocycles. The van der Waals surface area contributed by atoms with Crippen LogP contribution >= 0.6 is 0 Å². The van der Waals surface area contributed by atoms with Gasteiger partial charge in [-0.2, -0.15) is 0 Å². The molecule has 0 unspecified atom stereocenters. The number of guanidine groups is 1. The van der Waals surface area contributed by atoms with Gasteiger partial charge in [-0.15, -0.1) is 0 Å². The molecule has 0 aromatic rings. The Morgan fingerprint density at radius 3 is 2.41 bits per heavy atom. The van der Waals surface area contributed by atoms with Crippen LogP contribution in [-0.2, 0) is 0 Å². The van der Waals surface area contributed by atoms with Crippen molar-refractivity contribution in [2.45, 2.75) is 64.8 Å². The third kappa shape index (κ3) is 3.90. The molecule has 0 amide bonds. The van der Waals surface area contributed by atoms with E-state index in [0.29, 0.717) is 17.4 Å². The molecule has 2 aliphatic carbocycles. The van der Waals surface area contributed by atoms with Gasteiger partial charge in [-0.1, -0.05) is 33.1 Å². The minimum atomic E-state index is 0.302. The van der Waals surface area contributed by atoms with E-state index >= 15 is 0 Å². The van der Waals surface area contributed by atoms with Crippen LogP contribution in [0.1, 0.15) is 58.8 Å². The van der Waals surface area contributed by atoms with Crippen LogP contribution < -0.4 is 11.1 Å². The first-order valence-electron chi connectivity index (χ1n) is 7.14. The van der Waals surface area contributed by atoms with Crippen LogP contribution in [0.15, 0.2) is 4.99 Å². The van der Waals surface area contributed by atoms with E-state index in [1.54, 1.807) is 0 Å². The first-order valence-corrected chi connectivity index (χ1v) is 7.14. The van der Waals surface area contributed by atoms with Gasteiger partial charge in [-0.05, 0) is 37.0 Å². The van der Waals surface area contributed by atoms with Gasteiger partial charge in [0.05, 0.1) is 0 Å². The summed E-state index contributed by atoms with van der Waals surface area (Å²) in [5.74, 6) is 1.48. The lowest BCUT2D eigenvalue weighted by Crippen LogP contribution is -2.36. The van der Waals surface area contributed by atoms with E-state index in [-0.39, 0.29) is 0 Å². The second-order valence-electron chi connectivity index (χ2n) is 6.44. The van der Waals surface area contributed by atoms with Crippen LogP contribution in [-0.4, -0.2) is 18.5 Å². The van der Waals surface area contributed by atoms with Crippen LogP contribution in [0.25, 0.3) is 0 Å². The Morgan fingerprint density at radius 2 is 1.82 bits per heavy atom. The molecule has 0 aromatic carbocycles. The van der Waals surface area contributed by atoms with E-state index in [1.807, 2.05) is 0 Å². The largest absolute Gasteiger partial charge is 0.370 e. The second kappa shape index (κ2) is 5.28. The fraction of sp³-hybridized carbons (Fsp3) is 0.929. The normalized spacial score (nSPS) is 23.8. The van der Waals surface area contributed by atoms with Gasteiger partial charge in [-0.25, -0.2) is 0 Å². The summed E-state index contributed by atoms with van der Waals surface area (Å²) in [4.78, 5) is 4.53. The van der Waals surface area contributed by atoms with Crippen molar-refractivity contribution in [3.8, 4) is 0 Å². The van der Waals surface area contributed by atoms with Crippen molar-refractivity contribution in [2.24, 2.45) is 22.1 Å². The van der Waals surface area contributed by atoms with Crippen LogP contribution in [0, 0.1) is 11.3 Å². The maximum Gasteiger partial charge on any atom is 0.188 e. The summed E-state index contributed by atoms with van der Waals surface area (Å²) in [5.41, 5.74) is 6.19. The van der Waals surface area contributed by atoms with Crippen LogP contribution in [0.3, 0.4) is 0 Å². The monoisotopic (exact) mass is 237 g/mol. The smallest absolute Gasteiger partial charge is 0.188 e. The van der Waals surface area contributed by atoms with Crippen LogP contribution in [0.2, 0.25) is 0 Å². The molecule has 2 aliphatic rings. The minimum Gasteiger partial charge on any atom is -0.370 e. The summed E-state index contributed by atoms with van der Waals surface area (Å²) in [6, 6.07) is 0.608. The molecule has 0 atom stereocenters. The van der Waals surface area contributed by atoms with Crippen molar-refractivity contribution in [3.05, 3.63) is 0 Å². The average Bonchev–Trinajstić information content (AvgIpc) is 3.12. The molecule has 0 aliphatic heterocycles. The van der Waals surface area contributed by atoms with Crippen molar-refractivity contribution >= 4 is 5.96 Å². The highest BCUT2D eigenvalue weighted by Gasteiger charge is 2.30. The Hall–Kier alpha value is -0.730. The van der Waals surface area contributed by atoms with Gasteiger partial charge in [-0.3, -0.25) is 4.99 Å². The first kappa shape index (κ1) is 12.7. The van der Waals surface area contributed by atoms with E-state index < -0.39 is 0 Å². The van der Waals surface area contributed by atoms with E-state index in [4.69, 9.17) is 5.73 Å². The van der Waals surface area contributed by atoms with E-state index in [9.17, 15) is 0 Å². The van der Waals surface area contributed by atoms with Crippen molar-refractivity contribution in [1.29, 1.82) is 0 Å². The van der Waals surface area contributed by atoms with Crippen molar-refractivity contribution < 1.29 is 0 Å². The molecule has 0 spiro atoms. The van der Waals surface area contributed by atoms with Gasteiger partial charge in [0, 0.05) is 12.6 Å². The Bertz CT molecular complexity index is 273. The number of hydrogen-bond acceptors (Lipinski definition) is 1. The Labute approximate surface area is 105 Å². The fourth-order valence-electron chi connectivity index (χ4n) is 2.78. The zero-order valence-corrected chi connectivity index (χ0v) is 11.3. The minimum absolute atomic E-state index is 0.302. The molecule has 0 saturated heterocycles. The zero-order valence-electron chi connectivity index (χ0n) is 11.3. The van der Waals surface area contributed by atoms with Crippen LogP contribution in [0.4, 0.5) is 0 Å². The second-order valence-corrected chi connectivity index (χ2v) is 6.44. The fourth-order valence-corrected chi connectivity index (χ4v) is 2.78. The van der Waals surface area contributed by atoms with Gasteiger partial charge < -0.3 is 11.1 Å². The van der Waals surface area contributed by atoms with E-state index in [1.165, 1.54) is 44.9 Å². The van der Waals surface area contributed by atoms with Gasteiger partial charge in [0.25, 0.3) is 0 Å². The van der Waals surface area contributed by atoms with Gasteiger partial charge in [0.2, 0.25) is 0 Å². The lowest BCUT2D eigenvalue weighted by atomic mass is 9.71. The summed E-state index contributed by atoms with van der Waals surface area (Å²) in [6.07, 6.45) is 9.46. The predicted octanol–water partition coefficient (Wildman–Crippen LogP) is 2.66. The van der Waals surface area contributed by atoms with Crippen molar-refractivity contribution in [1.82, 2.24) is 5.32 Å². The molecular formula is C14H27N3. The topological polar surface area (TPSA) is 50.4 Å². The maximum absolute atomic E-state index is 5.89. The van der Waals surface area contributed by atoms with Crippen molar-refractivity contribution in [2.75, 3.05) is 6.54 Å². The van der Waals surface area contributed by atoms with Crippen molar-refractivity contribution in [3.63, 3.8) is 0 Å².